The molecule has 0 atom stereocenters. The standard InChI is InChI=1S/C51H31N3OS/c1-2-10-36(11-3-1)51-53-44(31-45(54-51)35-23-21-33(22-24-35)43-14-8-9-29-52-43)34-19-17-32(18-20-34)38-26-27-39(50-49(38)41-13-4-6-15-46(41)55-50)37-25-28-48-42(30-37)40-12-5-7-16-47(40)56-48/h1-31H. The van der Waals surface area contributed by atoms with E-state index in [0.29, 0.717) is 5.82 Å². The van der Waals surface area contributed by atoms with Crippen molar-refractivity contribution < 1.29 is 4.42 Å². The highest BCUT2D eigenvalue weighted by Crippen LogP contribution is 2.44. The molecule has 0 bridgehead atoms. The van der Waals surface area contributed by atoms with Crippen molar-refractivity contribution in [1.29, 1.82) is 0 Å². The number of hydrogen-bond donors (Lipinski definition) is 0. The molecule has 0 fully saturated rings. The smallest absolute Gasteiger partial charge is 0.160 e. The Morgan fingerprint density at radius 1 is 0.393 bits per heavy atom. The predicted molar refractivity (Wildman–Crippen MR) is 233 cm³/mol. The van der Waals surface area contributed by atoms with Gasteiger partial charge in [-0.3, -0.25) is 4.98 Å². The third-order valence-corrected chi connectivity index (χ3v) is 11.8. The van der Waals surface area contributed by atoms with E-state index in [4.69, 9.17) is 14.4 Å². The van der Waals surface area contributed by atoms with Crippen LogP contribution < -0.4 is 0 Å². The largest absolute Gasteiger partial charge is 0.455 e. The van der Waals surface area contributed by atoms with Crippen LogP contribution in [0.1, 0.15) is 0 Å². The lowest BCUT2D eigenvalue weighted by molar-refractivity contribution is 0.670. The lowest BCUT2D eigenvalue weighted by atomic mass is 9.93. The summed E-state index contributed by atoms with van der Waals surface area (Å²) in [6.45, 7) is 0. The molecule has 0 saturated carbocycles. The zero-order valence-electron chi connectivity index (χ0n) is 30.1. The maximum atomic E-state index is 6.70. The third-order valence-electron chi connectivity index (χ3n) is 10.6. The Morgan fingerprint density at radius 2 is 1.00 bits per heavy atom. The SMILES string of the molecule is c1ccc(-c2nc(-c3ccc(-c4ccccn4)cc3)cc(-c3ccc(-c4ccc(-c5ccc6sc7ccccc7c6c5)c5oc6ccccc6c45)cc3)n2)cc1. The van der Waals surface area contributed by atoms with Crippen LogP contribution in [0, 0.1) is 0 Å². The lowest BCUT2D eigenvalue weighted by Gasteiger charge is -2.11. The fraction of sp³-hybridized carbons (Fsp3) is 0. The van der Waals surface area contributed by atoms with Crippen molar-refractivity contribution in [2.75, 3.05) is 0 Å². The molecule has 0 N–H and O–H groups in total. The number of rotatable bonds is 6. The first-order valence-corrected chi connectivity index (χ1v) is 19.5. The van der Waals surface area contributed by atoms with Gasteiger partial charge in [-0.05, 0) is 65.2 Å². The number of nitrogens with zero attached hydrogens (tertiary/aromatic N) is 3. The molecule has 4 aromatic heterocycles. The van der Waals surface area contributed by atoms with Crippen molar-refractivity contribution in [2.24, 2.45) is 0 Å². The van der Waals surface area contributed by atoms with Gasteiger partial charge in [0, 0.05) is 65.0 Å². The van der Waals surface area contributed by atoms with Crippen molar-refractivity contribution in [3.05, 3.63) is 188 Å². The number of hydrogen-bond acceptors (Lipinski definition) is 5. The van der Waals surface area contributed by atoms with Crippen molar-refractivity contribution in [2.45, 2.75) is 0 Å². The van der Waals surface area contributed by atoms with Gasteiger partial charge in [0.15, 0.2) is 5.82 Å². The fourth-order valence-corrected chi connectivity index (χ4v) is 8.90. The molecule has 56 heavy (non-hydrogen) atoms. The van der Waals surface area contributed by atoms with Gasteiger partial charge in [-0.25, -0.2) is 9.97 Å². The highest BCUT2D eigenvalue weighted by atomic mass is 32.1. The van der Waals surface area contributed by atoms with E-state index in [2.05, 4.69) is 145 Å². The topological polar surface area (TPSA) is 51.8 Å². The van der Waals surface area contributed by atoms with E-state index in [0.717, 1.165) is 83.5 Å². The maximum absolute atomic E-state index is 6.70. The van der Waals surface area contributed by atoms with Crippen LogP contribution in [0.15, 0.2) is 193 Å². The minimum absolute atomic E-state index is 0.687. The average Bonchev–Trinajstić information content (AvgIpc) is 3.85. The van der Waals surface area contributed by atoms with E-state index in [1.165, 1.54) is 20.2 Å². The van der Waals surface area contributed by atoms with E-state index in [9.17, 15) is 0 Å². The van der Waals surface area contributed by atoms with E-state index < -0.39 is 0 Å². The van der Waals surface area contributed by atoms with Gasteiger partial charge in [0.1, 0.15) is 11.2 Å². The summed E-state index contributed by atoms with van der Waals surface area (Å²) in [6.07, 6.45) is 1.82. The molecule has 0 aliphatic heterocycles. The number of benzene rings is 7. The Hall–Kier alpha value is -7.21. The van der Waals surface area contributed by atoms with Crippen LogP contribution in [0.2, 0.25) is 0 Å². The second-order valence-corrected chi connectivity index (χ2v) is 15.1. The van der Waals surface area contributed by atoms with Crippen LogP contribution in [0.4, 0.5) is 0 Å². The molecule has 4 heterocycles. The first-order valence-electron chi connectivity index (χ1n) is 18.7. The first kappa shape index (κ1) is 32.2. The maximum Gasteiger partial charge on any atom is 0.160 e. The summed E-state index contributed by atoms with van der Waals surface area (Å²) in [7, 11) is 0. The van der Waals surface area contributed by atoms with Crippen LogP contribution in [-0.4, -0.2) is 15.0 Å². The van der Waals surface area contributed by atoms with Crippen LogP contribution in [-0.2, 0) is 0 Å². The summed E-state index contributed by atoms with van der Waals surface area (Å²) in [6, 6.07) is 63.6. The van der Waals surface area contributed by atoms with Gasteiger partial charge in [-0.15, -0.1) is 11.3 Å². The normalized spacial score (nSPS) is 11.6. The number of thiophene rings is 1. The molecule has 0 aliphatic rings. The lowest BCUT2D eigenvalue weighted by Crippen LogP contribution is -1.96. The number of fused-ring (bicyclic) bond motifs is 6. The molecule has 5 heteroatoms. The summed E-state index contributed by atoms with van der Waals surface area (Å²) in [5.74, 6) is 0.687. The Kier molecular flexibility index (Phi) is 7.64. The van der Waals surface area contributed by atoms with Gasteiger partial charge in [0.05, 0.1) is 17.1 Å². The Balaban J connectivity index is 1.01. The molecule has 0 unspecified atom stereocenters. The summed E-state index contributed by atoms with van der Waals surface area (Å²) in [5, 5.41) is 4.78. The van der Waals surface area contributed by atoms with E-state index in [1.807, 2.05) is 60.0 Å². The highest BCUT2D eigenvalue weighted by Gasteiger charge is 2.19. The van der Waals surface area contributed by atoms with Crippen LogP contribution >= 0.6 is 11.3 Å². The molecule has 0 radical (unpaired) electrons. The second-order valence-electron chi connectivity index (χ2n) is 14.0. The Labute approximate surface area is 327 Å². The summed E-state index contributed by atoms with van der Waals surface area (Å²) in [5.41, 5.74) is 13.0. The molecule has 0 amide bonds. The molecule has 11 rings (SSSR count). The molecular weight excluding hydrogens is 703 g/mol. The molecular formula is C51H31N3OS. The number of furan rings is 1. The zero-order chi connectivity index (χ0) is 37.0. The Morgan fingerprint density at radius 3 is 1.75 bits per heavy atom. The summed E-state index contributed by atoms with van der Waals surface area (Å²) in [4.78, 5) is 14.7. The molecule has 4 nitrogen and oxygen atoms in total. The molecule has 0 aliphatic carbocycles. The Bertz CT molecular complexity index is 3220. The minimum atomic E-state index is 0.687. The van der Waals surface area contributed by atoms with Crippen molar-refractivity contribution >= 4 is 53.4 Å². The van der Waals surface area contributed by atoms with Gasteiger partial charge in [0.25, 0.3) is 0 Å². The van der Waals surface area contributed by atoms with E-state index >= 15 is 0 Å². The molecule has 262 valence electrons. The average molecular weight is 734 g/mol. The van der Waals surface area contributed by atoms with Gasteiger partial charge in [-0.1, -0.05) is 133 Å². The van der Waals surface area contributed by atoms with Gasteiger partial charge < -0.3 is 4.42 Å². The minimum Gasteiger partial charge on any atom is -0.455 e. The summed E-state index contributed by atoms with van der Waals surface area (Å²) < 4.78 is 9.29. The fourth-order valence-electron chi connectivity index (χ4n) is 7.81. The van der Waals surface area contributed by atoms with Crippen molar-refractivity contribution in [3.63, 3.8) is 0 Å². The number of pyridine rings is 1. The third kappa shape index (κ3) is 5.56. The molecule has 0 saturated heterocycles. The van der Waals surface area contributed by atoms with Gasteiger partial charge in [0.2, 0.25) is 0 Å². The predicted octanol–water partition coefficient (Wildman–Crippen LogP) is 14.1. The molecule has 7 aromatic carbocycles. The second kappa shape index (κ2) is 13.3. The van der Waals surface area contributed by atoms with Crippen LogP contribution in [0.5, 0.6) is 0 Å². The van der Waals surface area contributed by atoms with Gasteiger partial charge in [-0.2, -0.15) is 0 Å². The van der Waals surface area contributed by atoms with Gasteiger partial charge >= 0.3 is 0 Å². The quantitative estimate of drug-likeness (QED) is 0.171. The number of aromatic nitrogens is 3. The zero-order valence-corrected chi connectivity index (χ0v) is 30.9. The van der Waals surface area contributed by atoms with Crippen LogP contribution in [0.25, 0.3) is 110 Å². The summed E-state index contributed by atoms with van der Waals surface area (Å²) >= 11 is 1.84. The van der Waals surface area contributed by atoms with E-state index in [-0.39, 0.29) is 0 Å². The first-order chi connectivity index (χ1) is 27.7. The molecule has 11 aromatic rings. The highest BCUT2D eigenvalue weighted by molar-refractivity contribution is 7.25. The number of para-hydroxylation sites is 1. The van der Waals surface area contributed by atoms with Crippen molar-refractivity contribution in [1.82, 2.24) is 15.0 Å². The van der Waals surface area contributed by atoms with Crippen LogP contribution in [0.3, 0.4) is 0 Å². The monoisotopic (exact) mass is 733 g/mol. The van der Waals surface area contributed by atoms with E-state index in [1.54, 1.807) is 0 Å². The molecule has 0 spiro atoms. The van der Waals surface area contributed by atoms with Crippen molar-refractivity contribution in [3.8, 4) is 67.4 Å².